The number of anilines is 1. The Morgan fingerprint density at radius 2 is 1.89 bits per heavy atom. The lowest BCUT2D eigenvalue weighted by Gasteiger charge is -2.28. The molecule has 1 unspecified atom stereocenters. The zero-order valence-corrected chi connectivity index (χ0v) is 12.8. The zero-order chi connectivity index (χ0) is 14.5. The number of hydrogen-bond donors (Lipinski definition) is 1. The SMILES string of the molecule is CCCCN(C(C)CC)S(=O)(=O)c1ccccc1N. The summed E-state index contributed by atoms with van der Waals surface area (Å²) in [6, 6.07) is 6.63. The Morgan fingerprint density at radius 1 is 1.26 bits per heavy atom. The van der Waals surface area contributed by atoms with Crippen LogP contribution in [0.5, 0.6) is 0 Å². The molecule has 1 aromatic rings. The van der Waals surface area contributed by atoms with Crippen molar-refractivity contribution in [3.63, 3.8) is 0 Å². The molecule has 1 rings (SSSR count). The summed E-state index contributed by atoms with van der Waals surface area (Å²) in [6.45, 7) is 6.53. The first-order valence-electron chi connectivity index (χ1n) is 6.81. The second kappa shape index (κ2) is 6.91. The van der Waals surface area contributed by atoms with Crippen molar-refractivity contribution in [1.29, 1.82) is 0 Å². The molecule has 1 aromatic carbocycles. The van der Waals surface area contributed by atoms with Gasteiger partial charge in [-0.25, -0.2) is 8.42 Å². The van der Waals surface area contributed by atoms with Crippen LogP contribution in [0.15, 0.2) is 29.2 Å². The third-order valence-electron chi connectivity index (χ3n) is 3.32. The summed E-state index contributed by atoms with van der Waals surface area (Å²) in [7, 11) is -3.51. The van der Waals surface area contributed by atoms with Crippen LogP contribution in [0.2, 0.25) is 0 Å². The van der Waals surface area contributed by atoms with E-state index in [1.165, 1.54) is 0 Å². The van der Waals surface area contributed by atoms with E-state index in [2.05, 4.69) is 6.92 Å². The van der Waals surface area contributed by atoms with E-state index in [0.29, 0.717) is 12.2 Å². The lowest BCUT2D eigenvalue weighted by atomic mass is 10.2. The van der Waals surface area contributed by atoms with Gasteiger partial charge >= 0.3 is 0 Å². The minimum Gasteiger partial charge on any atom is -0.398 e. The number of unbranched alkanes of at least 4 members (excludes halogenated alkanes) is 1. The Kier molecular flexibility index (Phi) is 5.82. The largest absolute Gasteiger partial charge is 0.398 e. The molecule has 0 spiro atoms. The van der Waals surface area contributed by atoms with Crippen molar-refractivity contribution in [1.82, 2.24) is 4.31 Å². The standard InChI is InChI=1S/C14H24N2O2S/c1-4-6-11-16(12(3)5-2)19(17,18)14-10-8-7-9-13(14)15/h7-10,12H,4-6,11,15H2,1-3H3. The molecule has 0 aliphatic carbocycles. The van der Waals surface area contributed by atoms with E-state index in [1.807, 2.05) is 13.8 Å². The molecular weight excluding hydrogens is 260 g/mol. The molecule has 0 radical (unpaired) electrons. The van der Waals surface area contributed by atoms with Crippen molar-refractivity contribution in [3.8, 4) is 0 Å². The summed E-state index contributed by atoms with van der Waals surface area (Å²) in [5.41, 5.74) is 6.12. The smallest absolute Gasteiger partial charge is 0.245 e. The molecule has 0 saturated heterocycles. The van der Waals surface area contributed by atoms with Gasteiger partial charge in [0.15, 0.2) is 0 Å². The van der Waals surface area contributed by atoms with Crippen LogP contribution in [-0.2, 0) is 10.0 Å². The van der Waals surface area contributed by atoms with E-state index in [0.717, 1.165) is 19.3 Å². The van der Waals surface area contributed by atoms with Gasteiger partial charge in [-0.1, -0.05) is 32.4 Å². The fourth-order valence-corrected chi connectivity index (χ4v) is 3.80. The van der Waals surface area contributed by atoms with Gasteiger partial charge < -0.3 is 5.73 Å². The first-order chi connectivity index (χ1) is 8.95. The summed E-state index contributed by atoms with van der Waals surface area (Å²) < 4.78 is 27.0. The number of hydrogen-bond acceptors (Lipinski definition) is 3. The number of nitrogen functional groups attached to an aromatic ring is 1. The highest BCUT2D eigenvalue weighted by atomic mass is 32.2. The summed E-state index contributed by atoms with van der Waals surface area (Å²) in [5.74, 6) is 0. The maximum Gasteiger partial charge on any atom is 0.245 e. The minimum atomic E-state index is -3.51. The normalized spacial score (nSPS) is 13.7. The average molecular weight is 284 g/mol. The number of nitrogens with two attached hydrogens (primary N) is 1. The molecule has 108 valence electrons. The zero-order valence-electron chi connectivity index (χ0n) is 12.0. The molecule has 0 bridgehead atoms. The van der Waals surface area contributed by atoms with Crippen molar-refractivity contribution < 1.29 is 8.42 Å². The Bertz CT molecular complexity index is 500. The van der Waals surface area contributed by atoms with E-state index < -0.39 is 10.0 Å². The van der Waals surface area contributed by atoms with Crippen LogP contribution in [0.25, 0.3) is 0 Å². The van der Waals surface area contributed by atoms with Gasteiger partial charge in [0.2, 0.25) is 10.0 Å². The van der Waals surface area contributed by atoms with Gasteiger partial charge in [0.1, 0.15) is 4.90 Å². The van der Waals surface area contributed by atoms with Crippen molar-refractivity contribution in [2.24, 2.45) is 0 Å². The number of rotatable bonds is 7. The van der Waals surface area contributed by atoms with Gasteiger partial charge in [0, 0.05) is 12.6 Å². The van der Waals surface area contributed by atoms with E-state index in [-0.39, 0.29) is 10.9 Å². The third-order valence-corrected chi connectivity index (χ3v) is 5.41. The van der Waals surface area contributed by atoms with Crippen molar-refractivity contribution >= 4 is 15.7 Å². The topological polar surface area (TPSA) is 63.4 Å². The van der Waals surface area contributed by atoms with Crippen LogP contribution in [0.1, 0.15) is 40.0 Å². The quantitative estimate of drug-likeness (QED) is 0.783. The molecule has 4 nitrogen and oxygen atoms in total. The van der Waals surface area contributed by atoms with Crippen molar-refractivity contribution in [2.45, 2.75) is 51.0 Å². The van der Waals surface area contributed by atoms with E-state index in [9.17, 15) is 8.42 Å². The second-order valence-corrected chi connectivity index (χ2v) is 6.62. The summed E-state index contributed by atoms with van der Waals surface area (Å²) in [5, 5.41) is 0. The number of para-hydroxylation sites is 1. The highest BCUT2D eigenvalue weighted by Gasteiger charge is 2.29. The molecule has 0 fully saturated rings. The van der Waals surface area contributed by atoms with Crippen LogP contribution in [0.3, 0.4) is 0 Å². The van der Waals surface area contributed by atoms with Crippen LogP contribution in [-0.4, -0.2) is 25.3 Å². The Labute approximate surface area is 116 Å². The van der Waals surface area contributed by atoms with E-state index >= 15 is 0 Å². The highest BCUT2D eigenvalue weighted by Crippen LogP contribution is 2.24. The number of nitrogens with zero attached hydrogens (tertiary/aromatic N) is 1. The Hall–Kier alpha value is -1.07. The van der Waals surface area contributed by atoms with Crippen LogP contribution >= 0.6 is 0 Å². The van der Waals surface area contributed by atoms with Gasteiger partial charge in [0.25, 0.3) is 0 Å². The van der Waals surface area contributed by atoms with Crippen LogP contribution in [0.4, 0.5) is 5.69 Å². The fourth-order valence-electron chi connectivity index (χ4n) is 1.94. The molecule has 1 atom stereocenters. The summed E-state index contributed by atoms with van der Waals surface area (Å²) >= 11 is 0. The second-order valence-electron chi connectivity index (χ2n) is 4.76. The van der Waals surface area contributed by atoms with Crippen molar-refractivity contribution in [2.75, 3.05) is 12.3 Å². The fraction of sp³-hybridized carbons (Fsp3) is 0.571. The number of sulfonamides is 1. The molecule has 0 aliphatic rings. The number of benzene rings is 1. The van der Waals surface area contributed by atoms with Crippen LogP contribution < -0.4 is 5.73 Å². The van der Waals surface area contributed by atoms with Crippen molar-refractivity contribution in [3.05, 3.63) is 24.3 Å². The van der Waals surface area contributed by atoms with Gasteiger partial charge in [-0.3, -0.25) is 0 Å². The van der Waals surface area contributed by atoms with Gasteiger partial charge in [-0.15, -0.1) is 0 Å². The molecule has 0 saturated carbocycles. The minimum absolute atomic E-state index is 0.0174. The third kappa shape index (κ3) is 3.70. The van der Waals surface area contributed by atoms with E-state index in [1.54, 1.807) is 28.6 Å². The highest BCUT2D eigenvalue weighted by molar-refractivity contribution is 7.89. The lowest BCUT2D eigenvalue weighted by molar-refractivity contribution is 0.324. The monoisotopic (exact) mass is 284 g/mol. The maximum absolute atomic E-state index is 12.7. The molecule has 19 heavy (non-hydrogen) atoms. The molecular formula is C14H24N2O2S. The molecule has 0 heterocycles. The van der Waals surface area contributed by atoms with Gasteiger partial charge in [0.05, 0.1) is 5.69 Å². The van der Waals surface area contributed by atoms with Crippen LogP contribution in [0, 0.1) is 0 Å². The maximum atomic E-state index is 12.7. The lowest BCUT2D eigenvalue weighted by Crippen LogP contribution is -2.39. The van der Waals surface area contributed by atoms with Gasteiger partial charge in [-0.2, -0.15) is 4.31 Å². The van der Waals surface area contributed by atoms with Gasteiger partial charge in [-0.05, 0) is 31.9 Å². The summed E-state index contributed by atoms with van der Waals surface area (Å²) in [4.78, 5) is 0.214. The summed E-state index contributed by atoms with van der Waals surface area (Å²) in [6.07, 6.45) is 2.61. The Balaban J connectivity index is 3.16. The predicted octanol–water partition coefficient (Wildman–Crippen LogP) is 2.86. The Morgan fingerprint density at radius 3 is 2.42 bits per heavy atom. The molecule has 5 heteroatoms. The molecule has 2 N–H and O–H groups in total. The molecule has 0 aliphatic heterocycles. The predicted molar refractivity (Wildman–Crippen MR) is 79.4 cm³/mol. The first kappa shape index (κ1) is 16.0. The molecule has 0 amide bonds. The molecule has 0 aromatic heterocycles. The average Bonchev–Trinajstić information content (AvgIpc) is 2.38. The van der Waals surface area contributed by atoms with E-state index in [4.69, 9.17) is 5.73 Å². The first-order valence-corrected chi connectivity index (χ1v) is 8.25.